The van der Waals surface area contributed by atoms with E-state index in [0.29, 0.717) is 12.3 Å². The largest absolute Gasteiger partial charge is 0.378 e. The molecule has 1 aromatic heterocycles. The highest BCUT2D eigenvalue weighted by Crippen LogP contribution is 2.27. The maximum absolute atomic E-state index is 13.3. The van der Waals surface area contributed by atoms with Gasteiger partial charge in [0.25, 0.3) is 0 Å². The number of ether oxygens (including phenoxy) is 1. The van der Waals surface area contributed by atoms with Crippen LogP contribution in [0.5, 0.6) is 0 Å². The van der Waals surface area contributed by atoms with Crippen molar-refractivity contribution in [3.8, 4) is 11.3 Å². The van der Waals surface area contributed by atoms with E-state index in [1.54, 1.807) is 10.9 Å². The molecule has 1 fully saturated rings. The Morgan fingerprint density at radius 3 is 2.62 bits per heavy atom. The zero-order chi connectivity index (χ0) is 15.0. The summed E-state index contributed by atoms with van der Waals surface area (Å²) in [6, 6.07) is 1.98. The minimum absolute atomic E-state index is 0.136. The molecule has 2 unspecified atom stereocenters. The van der Waals surface area contributed by atoms with Crippen molar-refractivity contribution in [1.82, 2.24) is 15.0 Å². The third-order valence-electron chi connectivity index (χ3n) is 3.62. The van der Waals surface area contributed by atoms with Crippen LogP contribution in [0, 0.1) is 17.5 Å². The molecule has 0 radical (unpaired) electrons. The molecule has 0 bridgehead atoms. The number of halogens is 3. The molecule has 1 aromatic carbocycles. The molecule has 1 saturated heterocycles. The third-order valence-corrected chi connectivity index (χ3v) is 3.62. The lowest BCUT2D eigenvalue weighted by Gasteiger charge is -2.26. The Bertz CT molecular complexity index is 636. The number of hydrogen-bond donors (Lipinski definition) is 0. The first-order chi connectivity index (χ1) is 10.0. The lowest BCUT2D eigenvalue weighted by Crippen LogP contribution is -2.25. The fourth-order valence-corrected chi connectivity index (χ4v) is 2.51. The molecule has 3 rings (SSSR count). The van der Waals surface area contributed by atoms with Crippen LogP contribution in [0.25, 0.3) is 11.3 Å². The van der Waals surface area contributed by atoms with Crippen molar-refractivity contribution in [2.45, 2.75) is 31.9 Å². The Balaban J connectivity index is 1.88. The first-order valence-electron chi connectivity index (χ1n) is 6.73. The lowest BCUT2D eigenvalue weighted by molar-refractivity contribution is 0.00316. The molecule has 1 aliphatic rings. The van der Waals surface area contributed by atoms with Crippen LogP contribution < -0.4 is 0 Å². The highest BCUT2D eigenvalue weighted by Gasteiger charge is 2.22. The summed E-state index contributed by atoms with van der Waals surface area (Å²) < 4.78 is 46.6. The lowest BCUT2D eigenvalue weighted by atomic mass is 10.0. The van der Waals surface area contributed by atoms with Crippen LogP contribution in [0.2, 0.25) is 0 Å². The minimum atomic E-state index is -1.48. The van der Waals surface area contributed by atoms with E-state index in [0.717, 1.165) is 25.0 Å². The Morgan fingerprint density at radius 1 is 1.24 bits per heavy atom. The zero-order valence-electron chi connectivity index (χ0n) is 11.4. The SMILES string of the molecule is CC1CC(n2cc(-c3cc(F)c(F)c(F)c3)nn2)CCO1. The Morgan fingerprint density at radius 2 is 1.95 bits per heavy atom. The summed E-state index contributed by atoms with van der Waals surface area (Å²) in [5, 5.41) is 7.92. The second-order valence-corrected chi connectivity index (χ2v) is 5.20. The van der Waals surface area contributed by atoms with Gasteiger partial charge in [-0.2, -0.15) is 0 Å². The van der Waals surface area contributed by atoms with Gasteiger partial charge >= 0.3 is 0 Å². The second-order valence-electron chi connectivity index (χ2n) is 5.20. The van der Waals surface area contributed by atoms with E-state index in [1.165, 1.54) is 0 Å². The fourth-order valence-electron chi connectivity index (χ4n) is 2.51. The maximum Gasteiger partial charge on any atom is 0.194 e. The summed E-state index contributed by atoms with van der Waals surface area (Å²) in [6.07, 6.45) is 3.36. The van der Waals surface area contributed by atoms with Gasteiger partial charge in [0.15, 0.2) is 17.5 Å². The summed E-state index contributed by atoms with van der Waals surface area (Å²) in [6.45, 7) is 2.62. The van der Waals surface area contributed by atoms with Crippen molar-refractivity contribution in [2.75, 3.05) is 6.61 Å². The van der Waals surface area contributed by atoms with Crippen molar-refractivity contribution in [3.05, 3.63) is 35.8 Å². The Hall–Kier alpha value is -1.89. The average molecular weight is 297 g/mol. The number of rotatable bonds is 2. The van der Waals surface area contributed by atoms with Crippen molar-refractivity contribution >= 4 is 0 Å². The van der Waals surface area contributed by atoms with Crippen LogP contribution in [-0.4, -0.2) is 27.7 Å². The van der Waals surface area contributed by atoms with Crippen LogP contribution in [0.4, 0.5) is 13.2 Å². The molecule has 0 aliphatic carbocycles. The Kier molecular flexibility index (Phi) is 3.67. The standard InChI is InChI=1S/C14H14F3N3O/c1-8-4-10(2-3-21-8)20-7-13(18-19-20)9-5-11(15)14(17)12(16)6-9/h5-8,10H,2-4H2,1H3. The Labute approximate surface area is 119 Å². The van der Waals surface area contributed by atoms with E-state index in [2.05, 4.69) is 10.3 Å². The molecule has 4 nitrogen and oxygen atoms in total. The first-order valence-corrected chi connectivity index (χ1v) is 6.73. The highest BCUT2D eigenvalue weighted by atomic mass is 19.2. The number of aromatic nitrogens is 3. The first kappa shape index (κ1) is 14.1. The van der Waals surface area contributed by atoms with Crippen LogP contribution in [-0.2, 0) is 4.74 Å². The van der Waals surface area contributed by atoms with Crippen molar-refractivity contribution in [1.29, 1.82) is 0 Å². The molecular weight excluding hydrogens is 283 g/mol. The van der Waals surface area contributed by atoms with Crippen molar-refractivity contribution < 1.29 is 17.9 Å². The number of hydrogen-bond acceptors (Lipinski definition) is 3. The quantitative estimate of drug-likeness (QED) is 0.800. The van der Waals surface area contributed by atoms with Gasteiger partial charge in [0.1, 0.15) is 5.69 Å². The van der Waals surface area contributed by atoms with E-state index in [-0.39, 0.29) is 17.7 Å². The van der Waals surface area contributed by atoms with Gasteiger partial charge in [-0.15, -0.1) is 5.10 Å². The molecular formula is C14H14F3N3O. The fraction of sp³-hybridized carbons (Fsp3) is 0.429. The predicted octanol–water partition coefficient (Wildman–Crippen LogP) is 3.10. The summed E-state index contributed by atoms with van der Waals surface area (Å²) in [7, 11) is 0. The zero-order valence-corrected chi connectivity index (χ0v) is 11.4. The maximum atomic E-state index is 13.3. The van der Waals surface area contributed by atoms with Gasteiger partial charge in [-0.1, -0.05) is 5.21 Å². The molecule has 0 saturated carbocycles. The van der Waals surface area contributed by atoms with Gasteiger partial charge in [0, 0.05) is 12.2 Å². The second kappa shape index (κ2) is 5.48. The molecule has 2 atom stereocenters. The van der Waals surface area contributed by atoms with Crippen LogP contribution in [0.3, 0.4) is 0 Å². The van der Waals surface area contributed by atoms with Gasteiger partial charge < -0.3 is 4.74 Å². The average Bonchev–Trinajstić information content (AvgIpc) is 2.94. The van der Waals surface area contributed by atoms with Crippen molar-refractivity contribution in [3.63, 3.8) is 0 Å². The van der Waals surface area contributed by atoms with E-state index in [9.17, 15) is 13.2 Å². The highest BCUT2D eigenvalue weighted by molar-refractivity contribution is 5.57. The van der Waals surface area contributed by atoms with Crippen LogP contribution >= 0.6 is 0 Å². The predicted molar refractivity (Wildman–Crippen MR) is 69.0 cm³/mol. The molecule has 2 aromatic rings. The van der Waals surface area contributed by atoms with Gasteiger partial charge in [-0.3, -0.25) is 0 Å². The van der Waals surface area contributed by atoms with Gasteiger partial charge in [0.2, 0.25) is 0 Å². The molecule has 112 valence electrons. The summed E-state index contributed by atoms with van der Waals surface area (Å²) >= 11 is 0. The van der Waals surface area contributed by atoms with E-state index in [1.807, 2.05) is 6.92 Å². The van der Waals surface area contributed by atoms with Crippen LogP contribution in [0.15, 0.2) is 18.3 Å². The van der Waals surface area contributed by atoms with E-state index < -0.39 is 17.5 Å². The molecule has 0 N–H and O–H groups in total. The monoisotopic (exact) mass is 297 g/mol. The number of benzene rings is 1. The van der Waals surface area contributed by atoms with Crippen molar-refractivity contribution in [2.24, 2.45) is 0 Å². The van der Waals surface area contributed by atoms with Gasteiger partial charge in [-0.05, 0) is 31.9 Å². The molecule has 21 heavy (non-hydrogen) atoms. The topological polar surface area (TPSA) is 39.9 Å². The van der Waals surface area contributed by atoms with Crippen LogP contribution in [0.1, 0.15) is 25.8 Å². The summed E-state index contributed by atoms with van der Waals surface area (Å²) in [5.41, 5.74) is 0.477. The minimum Gasteiger partial charge on any atom is -0.378 e. The normalized spacial score (nSPS) is 22.5. The third kappa shape index (κ3) is 2.78. The molecule has 0 spiro atoms. The smallest absolute Gasteiger partial charge is 0.194 e. The molecule has 0 amide bonds. The van der Waals surface area contributed by atoms with E-state index in [4.69, 9.17) is 4.74 Å². The summed E-state index contributed by atoms with van der Waals surface area (Å²) in [5.74, 6) is -3.96. The summed E-state index contributed by atoms with van der Waals surface area (Å²) in [4.78, 5) is 0. The molecule has 2 heterocycles. The van der Waals surface area contributed by atoms with Gasteiger partial charge in [-0.25, -0.2) is 17.9 Å². The van der Waals surface area contributed by atoms with E-state index >= 15 is 0 Å². The molecule has 1 aliphatic heterocycles. The molecule has 7 heteroatoms. The van der Waals surface area contributed by atoms with Gasteiger partial charge in [0.05, 0.1) is 18.3 Å². The number of nitrogens with zero attached hydrogens (tertiary/aromatic N) is 3.